The highest BCUT2D eigenvalue weighted by molar-refractivity contribution is 6.32. The molecule has 3 heterocycles. The number of nitrogens with zero attached hydrogens (tertiary/aromatic N) is 5. The van der Waals surface area contributed by atoms with Crippen LogP contribution in [0.1, 0.15) is 0 Å². The molecule has 0 spiro atoms. The third-order valence-corrected chi connectivity index (χ3v) is 3.24. The van der Waals surface area contributed by atoms with Crippen molar-refractivity contribution in [1.82, 2.24) is 19.9 Å². The van der Waals surface area contributed by atoms with Crippen molar-refractivity contribution >= 4 is 40.3 Å². The summed E-state index contributed by atoms with van der Waals surface area (Å²) in [4.78, 5) is 26.6. The van der Waals surface area contributed by atoms with Gasteiger partial charge in [0.2, 0.25) is 11.6 Å². The topological polar surface area (TPSA) is 119 Å². The molecule has 3 aromatic heterocycles. The Morgan fingerprint density at radius 1 is 1.04 bits per heavy atom. The van der Waals surface area contributed by atoms with Crippen molar-refractivity contribution in [2.45, 2.75) is 0 Å². The van der Waals surface area contributed by atoms with Crippen LogP contribution in [0.15, 0.2) is 49.2 Å². The van der Waals surface area contributed by atoms with Crippen molar-refractivity contribution in [1.29, 1.82) is 0 Å². The number of hydrogen-bond donors (Lipinski definition) is 2. The molecule has 0 radical (unpaired) electrons. The molecule has 0 saturated heterocycles. The van der Waals surface area contributed by atoms with E-state index in [1.165, 1.54) is 18.7 Å². The summed E-state index contributed by atoms with van der Waals surface area (Å²) in [5, 5.41) is 17.3. The number of anilines is 4. The lowest BCUT2D eigenvalue weighted by atomic mass is 10.3. The zero-order chi connectivity index (χ0) is 16.9. The quantitative estimate of drug-likeness (QED) is 0.411. The number of aromatic nitrogens is 4. The first-order chi connectivity index (χ1) is 11.6. The van der Waals surface area contributed by atoms with E-state index in [0.717, 1.165) is 0 Å². The van der Waals surface area contributed by atoms with Crippen LogP contribution in [0.5, 0.6) is 0 Å². The van der Waals surface area contributed by atoms with Crippen molar-refractivity contribution in [2.24, 2.45) is 0 Å². The van der Waals surface area contributed by atoms with Crippen molar-refractivity contribution in [3.05, 3.63) is 64.5 Å². The molecule has 0 aliphatic heterocycles. The number of halogens is 1. The molecule has 3 rings (SSSR count). The summed E-state index contributed by atoms with van der Waals surface area (Å²) >= 11 is 5.96. The molecule has 0 saturated carbocycles. The lowest BCUT2D eigenvalue weighted by molar-refractivity contribution is -0.383. The van der Waals surface area contributed by atoms with Crippen molar-refractivity contribution in [3.8, 4) is 0 Å². The van der Waals surface area contributed by atoms with E-state index >= 15 is 0 Å². The molecule has 0 aliphatic rings. The Morgan fingerprint density at radius 3 is 2.46 bits per heavy atom. The second kappa shape index (κ2) is 6.84. The first kappa shape index (κ1) is 15.6. The average Bonchev–Trinajstić information content (AvgIpc) is 2.58. The van der Waals surface area contributed by atoms with Crippen molar-refractivity contribution in [3.63, 3.8) is 0 Å². The Balaban J connectivity index is 1.99. The SMILES string of the molecule is O=[N+]([O-])c1c(Nc2cccnc2)ncnc1Nc1cccnc1Cl. The molecule has 0 bridgehead atoms. The maximum absolute atomic E-state index is 11.5. The van der Waals surface area contributed by atoms with E-state index in [2.05, 4.69) is 30.6 Å². The van der Waals surface area contributed by atoms with Crippen LogP contribution in [0.3, 0.4) is 0 Å². The number of nitro groups is 1. The van der Waals surface area contributed by atoms with E-state index in [1.807, 2.05) is 0 Å². The molecule has 24 heavy (non-hydrogen) atoms. The van der Waals surface area contributed by atoms with Gasteiger partial charge in [-0.25, -0.2) is 15.0 Å². The molecule has 0 amide bonds. The Morgan fingerprint density at radius 2 is 1.79 bits per heavy atom. The third kappa shape index (κ3) is 3.36. The van der Waals surface area contributed by atoms with Gasteiger partial charge in [-0.2, -0.15) is 0 Å². The average molecular weight is 344 g/mol. The summed E-state index contributed by atoms with van der Waals surface area (Å²) in [6, 6.07) is 6.69. The van der Waals surface area contributed by atoms with Gasteiger partial charge in [-0.15, -0.1) is 0 Å². The second-order valence-electron chi connectivity index (χ2n) is 4.51. The number of rotatable bonds is 5. The van der Waals surface area contributed by atoms with Gasteiger partial charge in [0.25, 0.3) is 0 Å². The van der Waals surface area contributed by atoms with Crippen molar-refractivity contribution in [2.75, 3.05) is 10.6 Å². The Labute approximate surface area is 140 Å². The Kier molecular flexibility index (Phi) is 4.43. The monoisotopic (exact) mass is 343 g/mol. The largest absolute Gasteiger partial charge is 0.353 e. The zero-order valence-electron chi connectivity index (χ0n) is 12.0. The Hall–Kier alpha value is -3.33. The summed E-state index contributed by atoms with van der Waals surface area (Å²) in [6.45, 7) is 0. The first-order valence-corrected chi connectivity index (χ1v) is 7.07. The molecular formula is C14H10ClN7O2. The molecule has 0 atom stereocenters. The van der Waals surface area contributed by atoms with E-state index in [4.69, 9.17) is 11.6 Å². The number of pyridine rings is 2. The summed E-state index contributed by atoms with van der Waals surface area (Å²) in [5.74, 6) is 0.0294. The molecule has 0 fully saturated rings. The predicted molar refractivity (Wildman–Crippen MR) is 88.7 cm³/mol. The smallest absolute Gasteiger partial charge is 0.333 e. The molecule has 9 nitrogen and oxygen atoms in total. The van der Waals surface area contributed by atoms with Crippen LogP contribution >= 0.6 is 11.6 Å². The molecule has 10 heteroatoms. The minimum absolute atomic E-state index is 0.00343. The highest BCUT2D eigenvalue weighted by atomic mass is 35.5. The van der Waals surface area contributed by atoms with Gasteiger partial charge in [0, 0.05) is 12.4 Å². The predicted octanol–water partition coefficient (Wildman–Crippen LogP) is 3.32. The van der Waals surface area contributed by atoms with Crippen LogP contribution in [-0.4, -0.2) is 24.9 Å². The fourth-order valence-electron chi connectivity index (χ4n) is 1.91. The number of nitrogens with one attached hydrogen (secondary N) is 2. The first-order valence-electron chi connectivity index (χ1n) is 6.69. The van der Waals surface area contributed by atoms with Crippen LogP contribution in [0, 0.1) is 10.1 Å². The summed E-state index contributed by atoms with van der Waals surface area (Å²) in [5.41, 5.74) is 0.638. The minimum Gasteiger partial charge on any atom is -0.333 e. The van der Waals surface area contributed by atoms with E-state index < -0.39 is 4.92 Å². The highest BCUT2D eigenvalue weighted by Gasteiger charge is 2.24. The van der Waals surface area contributed by atoms with Crippen LogP contribution in [-0.2, 0) is 0 Å². The van der Waals surface area contributed by atoms with Gasteiger partial charge in [0.15, 0.2) is 5.15 Å². The molecule has 2 N–H and O–H groups in total. The summed E-state index contributed by atoms with van der Waals surface area (Å²) in [6.07, 6.45) is 5.84. The molecule has 0 aliphatic carbocycles. The maximum Gasteiger partial charge on any atom is 0.353 e. The van der Waals surface area contributed by atoms with Crippen LogP contribution in [0.2, 0.25) is 5.15 Å². The van der Waals surface area contributed by atoms with E-state index in [9.17, 15) is 10.1 Å². The second-order valence-corrected chi connectivity index (χ2v) is 4.87. The van der Waals surface area contributed by atoms with Crippen LogP contribution in [0.25, 0.3) is 0 Å². The van der Waals surface area contributed by atoms with Gasteiger partial charge >= 0.3 is 5.69 Å². The summed E-state index contributed by atoms with van der Waals surface area (Å²) in [7, 11) is 0. The van der Waals surface area contributed by atoms with Gasteiger partial charge in [-0.1, -0.05) is 11.6 Å². The minimum atomic E-state index is -0.578. The third-order valence-electron chi connectivity index (χ3n) is 2.94. The maximum atomic E-state index is 11.5. The fourth-order valence-corrected chi connectivity index (χ4v) is 2.08. The van der Waals surface area contributed by atoms with Crippen molar-refractivity contribution < 1.29 is 4.92 Å². The molecule has 0 aromatic carbocycles. The van der Waals surface area contributed by atoms with E-state index in [-0.39, 0.29) is 22.5 Å². The van der Waals surface area contributed by atoms with E-state index in [1.54, 1.807) is 30.5 Å². The molecular weight excluding hydrogens is 334 g/mol. The standard InChI is InChI=1S/C14H10ClN7O2/c15-12-10(4-2-6-17-12)21-14-11(22(23)24)13(18-8-19-14)20-9-3-1-5-16-7-9/h1-8H,(H2,18,19,20,21). The van der Waals surface area contributed by atoms with Gasteiger partial charge in [0.1, 0.15) is 6.33 Å². The van der Waals surface area contributed by atoms with Gasteiger partial charge in [-0.3, -0.25) is 15.1 Å². The van der Waals surface area contributed by atoms with Gasteiger partial charge in [-0.05, 0) is 24.3 Å². The lowest BCUT2D eigenvalue weighted by Gasteiger charge is -2.10. The van der Waals surface area contributed by atoms with E-state index in [0.29, 0.717) is 11.4 Å². The summed E-state index contributed by atoms with van der Waals surface area (Å²) < 4.78 is 0. The van der Waals surface area contributed by atoms with Crippen LogP contribution < -0.4 is 10.6 Å². The zero-order valence-corrected chi connectivity index (χ0v) is 12.8. The molecule has 3 aromatic rings. The molecule has 0 unspecified atom stereocenters. The fraction of sp³-hybridized carbons (Fsp3) is 0. The van der Waals surface area contributed by atoms with Gasteiger partial charge in [0.05, 0.1) is 22.5 Å². The lowest BCUT2D eigenvalue weighted by Crippen LogP contribution is -2.06. The Bertz CT molecular complexity index is 876. The number of hydrogen-bond acceptors (Lipinski definition) is 8. The highest BCUT2D eigenvalue weighted by Crippen LogP contribution is 2.33. The molecule has 120 valence electrons. The van der Waals surface area contributed by atoms with Crippen LogP contribution in [0.4, 0.5) is 28.7 Å². The van der Waals surface area contributed by atoms with Gasteiger partial charge < -0.3 is 10.6 Å². The normalized spacial score (nSPS) is 10.2.